The van der Waals surface area contributed by atoms with E-state index in [2.05, 4.69) is 22.3 Å². The molecule has 2 bridgehead atoms. The number of carboxylic acids is 1. The molecular weight excluding hydrogens is 526 g/mol. The number of nitrogens with zero attached hydrogens (tertiary/aromatic N) is 1. The lowest BCUT2D eigenvalue weighted by Gasteiger charge is -2.39. The van der Waals surface area contributed by atoms with E-state index in [0.717, 1.165) is 66.5 Å². The Hall–Kier alpha value is -3.53. The van der Waals surface area contributed by atoms with Gasteiger partial charge < -0.3 is 10.4 Å². The fourth-order valence-corrected chi connectivity index (χ4v) is 7.29. The smallest absolute Gasteiger partial charge is 0.335 e. The molecule has 6 rings (SSSR count). The molecule has 0 spiro atoms. The maximum atomic E-state index is 14.0. The van der Waals surface area contributed by atoms with E-state index in [-0.39, 0.29) is 16.4 Å². The quantitative estimate of drug-likeness (QED) is 0.380. The van der Waals surface area contributed by atoms with Crippen molar-refractivity contribution in [1.29, 1.82) is 0 Å². The summed E-state index contributed by atoms with van der Waals surface area (Å²) in [4.78, 5) is 27.7. The van der Waals surface area contributed by atoms with E-state index in [9.17, 15) is 23.1 Å². The number of carbonyl (C=O) groups excluding carboxylic acids is 1. The van der Waals surface area contributed by atoms with Gasteiger partial charge in [-0.05, 0) is 103 Å². The number of carboxylic acid groups (broad SMARTS) is 1. The number of sulfonamides is 1. The van der Waals surface area contributed by atoms with Gasteiger partial charge >= 0.3 is 5.97 Å². The molecule has 3 aromatic rings. The van der Waals surface area contributed by atoms with E-state index in [4.69, 9.17) is 5.14 Å². The fourth-order valence-electron chi connectivity index (χ4n) is 6.69. The molecule has 1 aliphatic heterocycles. The highest BCUT2D eigenvalue weighted by Gasteiger charge is 2.58. The van der Waals surface area contributed by atoms with Gasteiger partial charge in [-0.25, -0.2) is 18.4 Å². The standard InChI is InChI=1S/C31H33N3O5S/c1-20-15-26(40(32,38)39)9-10-27(20)24-4-2-3-21(16-24)18-34-19-22-11-12-31(34,17-22)29(37)33-30(13-14-30)25-7-5-23(6-8-25)28(35)36/h2-10,15-16,22H,11-14,17-19H2,1H3,(H,33,37)(H,35,36)(H2,32,38,39). The van der Waals surface area contributed by atoms with Gasteiger partial charge in [-0.1, -0.05) is 36.4 Å². The minimum Gasteiger partial charge on any atom is -0.478 e. The third kappa shape index (κ3) is 4.72. The lowest BCUT2D eigenvalue weighted by molar-refractivity contribution is -0.133. The van der Waals surface area contributed by atoms with Crippen molar-refractivity contribution in [3.63, 3.8) is 0 Å². The summed E-state index contributed by atoms with van der Waals surface area (Å²) in [5.74, 6) is -0.400. The second-order valence-corrected chi connectivity index (χ2v) is 13.2. The number of hydrogen-bond donors (Lipinski definition) is 3. The molecule has 4 N–H and O–H groups in total. The summed E-state index contributed by atoms with van der Waals surface area (Å²) >= 11 is 0. The van der Waals surface area contributed by atoms with Gasteiger partial charge in [-0.3, -0.25) is 9.69 Å². The van der Waals surface area contributed by atoms with Crippen molar-refractivity contribution in [1.82, 2.24) is 10.2 Å². The number of piperidine rings is 1. The minimum atomic E-state index is -3.77. The normalized spacial score (nSPS) is 23.2. The zero-order valence-corrected chi connectivity index (χ0v) is 23.2. The van der Waals surface area contributed by atoms with Crippen LogP contribution in [0.1, 0.15) is 59.2 Å². The van der Waals surface area contributed by atoms with Crippen LogP contribution in [0.3, 0.4) is 0 Å². The molecule has 8 nitrogen and oxygen atoms in total. The summed E-state index contributed by atoms with van der Waals surface area (Å²) in [5.41, 5.74) is 4.07. The molecule has 2 saturated carbocycles. The molecule has 9 heteroatoms. The van der Waals surface area contributed by atoms with Crippen molar-refractivity contribution < 1.29 is 23.1 Å². The summed E-state index contributed by atoms with van der Waals surface area (Å²) in [6, 6.07) is 20.0. The average molecular weight is 560 g/mol. The zero-order valence-electron chi connectivity index (χ0n) is 22.4. The number of primary sulfonamides is 1. The predicted molar refractivity (Wildman–Crippen MR) is 151 cm³/mol. The number of aromatic carboxylic acids is 1. The molecule has 40 heavy (non-hydrogen) atoms. The SMILES string of the molecule is Cc1cc(S(N)(=O)=O)ccc1-c1cccc(CN2CC3CCC2(C(=O)NC2(c4ccc(C(=O)O)cc4)CC2)C3)c1. The van der Waals surface area contributed by atoms with Crippen LogP contribution in [0.4, 0.5) is 0 Å². The summed E-state index contributed by atoms with van der Waals surface area (Å²) < 4.78 is 23.5. The zero-order chi connectivity index (χ0) is 28.3. The average Bonchev–Trinajstić information content (AvgIpc) is 3.44. The van der Waals surface area contributed by atoms with Gasteiger partial charge in [-0.2, -0.15) is 0 Å². The maximum Gasteiger partial charge on any atom is 0.335 e. The molecule has 1 saturated heterocycles. The summed E-state index contributed by atoms with van der Waals surface area (Å²) in [7, 11) is -3.77. The first kappa shape index (κ1) is 26.7. The number of nitrogens with one attached hydrogen (secondary N) is 1. The Balaban J connectivity index is 1.22. The number of aryl methyl sites for hydroxylation is 1. The minimum absolute atomic E-state index is 0.0675. The molecule has 2 unspecified atom stereocenters. The van der Waals surface area contributed by atoms with E-state index >= 15 is 0 Å². The van der Waals surface area contributed by atoms with E-state index in [0.29, 0.717) is 12.5 Å². The Labute approximate surface area is 234 Å². The number of likely N-dealkylation sites (tertiary alicyclic amines) is 1. The van der Waals surface area contributed by atoms with Crippen molar-refractivity contribution in [2.45, 2.75) is 61.5 Å². The molecule has 208 valence electrons. The van der Waals surface area contributed by atoms with Crippen LogP contribution >= 0.6 is 0 Å². The Bertz CT molecular complexity index is 1610. The van der Waals surface area contributed by atoms with Crippen molar-refractivity contribution in [2.75, 3.05) is 6.54 Å². The number of nitrogens with two attached hydrogens (primary N) is 1. The van der Waals surface area contributed by atoms with Crippen LogP contribution in [0.5, 0.6) is 0 Å². The first-order chi connectivity index (χ1) is 19.0. The molecule has 0 radical (unpaired) electrons. The number of carbonyl (C=O) groups is 2. The van der Waals surface area contributed by atoms with Crippen LogP contribution in [-0.2, 0) is 26.9 Å². The highest BCUT2D eigenvalue weighted by Crippen LogP contribution is 2.50. The van der Waals surface area contributed by atoms with Crippen LogP contribution in [0.2, 0.25) is 0 Å². The number of benzene rings is 3. The molecule has 1 heterocycles. The largest absolute Gasteiger partial charge is 0.478 e. The van der Waals surface area contributed by atoms with Crippen molar-refractivity contribution in [2.24, 2.45) is 11.1 Å². The summed E-state index contributed by atoms with van der Waals surface area (Å²) in [5, 5.41) is 17.9. The Morgan fingerprint density at radius 2 is 1.80 bits per heavy atom. The number of fused-ring (bicyclic) bond motifs is 2. The highest BCUT2D eigenvalue weighted by atomic mass is 32.2. The summed E-state index contributed by atoms with van der Waals surface area (Å²) in [6.07, 6.45) is 4.40. The van der Waals surface area contributed by atoms with Gasteiger partial charge in [0.25, 0.3) is 0 Å². The van der Waals surface area contributed by atoms with Crippen molar-refractivity contribution in [3.8, 4) is 11.1 Å². The molecule has 3 aromatic carbocycles. The second-order valence-electron chi connectivity index (χ2n) is 11.7. The van der Waals surface area contributed by atoms with Gasteiger partial charge in [0.2, 0.25) is 15.9 Å². The van der Waals surface area contributed by atoms with Gasteiger partial charge in [0.05, 0.1) is 16.0 Å². The predicted octanol–water partition coefficient (Wildman–Crippen LogP) is 4.17. The lowest BCUT2D eigenvalue weighted by atomic mass is 9.92. The van der Waals surface area contributed by atoms with E-state index in [1.165, 1.54) is 6.07 Å². The molecule has 2 aliphatic carbocycles. The Kier molecular flexibility index (Phi) is 6.36. The Morgan fingerprint density at radius 1 is 1.05 bits per heavy atom. The van der Waals surface area contributed by atoms with E-state index in [1.54, 1.807) is 24.3 Å². The summed E-state index contributed by atoms with van der Waals surface area (Å²) in [6.45, 7) is 3.39. The molecular formula is C31H33N3O5S. The molecule has 3 aliphatic rings. The van der Waals surface area contributed by atoms with Crippen molar-refractivity contribution >= 4 is 21.9 Å². The fraction of sp³-hybridized carbons (Fsp3) is 0.355. The van der Waals surface area contributed by atoms with Gasteiger partial charge in [0.15, 0.2) is 0 Å². The number of rotatable bonds is 8. The van der Waals surface area contributed by atoms with Crippen LogP contribution in [0.15, 0.2) is 71.6 Å². The van der Waals surface area contributed by atoms with Gasteiger partial charge in [0, 0.05) is 13.1 Å². The maximum absolute atomic E-state index is 14.0. The first-order valence-corrected chi connectivity index (χ1v) is 15.2. The van der Waals surface area contributed by atoms with Gasteiger partial charge in [-0.15, -0.1) is 0 Å². The second kappa shape index (κ2) is 9.54. The Morgan fingerprint density at radius 3 is 2.42 bits per heavy atom. The molecule has 0 aromatic heterocycles. The monoisotopic (exact) mass is 559 g/mol. The topological polar surface area (TPSA) is 130 Å². The highest BCUT2D eigenvalue weighted by molar-refractivity contribution is 7.89. The number of amides is 1. The van der Waals surface area contributed by atoms with Crippen LogP contribution in [-0.4, -0.2) is 42.4 Å². The third-order valence-corrected chi connectivity index (χ3v) is 9.94. The van der Waals surface area contributed by atoms with E-state index < -0.39 is 27.1 Å². The molecule has 1 amide bonds. The third-order valence-electron chi connectivity index (χ3n) is 9.02. The lowest BCUT2D eigenvalue weighted by Crippen LogP contribution is -2.57. The van der Waals surface area contributed by atoms with Crippen molar-refractivity contribution in [3.05, 3.63) is 89.0 Å². The number of hydrogen-bond acceptors (Lipinski definition) is 5. The first-order valence-electron chi connectivity index (χ1n) is 13.6. The molecule has 2 atom stereocenters. The van der Waals surface area contributed by atoms with Crippen LogP contribution in [0.25, 0.3) is 11.1 Å². The van der Waals surface area contributed by atoms with Gasteiger partial charge in [0.1, 0.15) is 5.54 Å². The van der Waals surface area contributed by atoms with E-state index in [1.807, 2.05) is 31.2 Å². The van der Waals surface area contributed by atoms with Crippen LogP contribution in [0, 0.1) is 12.8 Å². The molecule has 3 fully saturated rings. The van der Waals surface area contributed by atoms with Crippen LogP contribution < -0.4 is 10.5 Å².